The molecule has 272 valence electrons. The van der Waals surface area contributed by atoms with Crippen LogP contribution in [0.3, 0.4) is 0 Å². The molecule has 0 saturated carbocycles. The Morgan fingerprint density at radius 2 is 0.776 bits per heavy atom. The van der Waals surface area contributed by atoms with Crippen molar-refractivity contribution in [3.63, 3.8) is 0 Å². The van der Waals surface area contributed by atoms with E-state index in [0.29, 0.717) is 0 Å². The van der Waals surface area contributed by atoms with Gasteiger partial charge < -0.3 is 9.47 Å². The van der Waals surface area contributed by atoms with Crippen molar-refractivity contribution >= 4 is 60.5 Å². The Labute approximate surface area is 337 Å². The first-order chi connectivity index (χ1) is 28.8. The first kappa shape index (κ1) is 33.6. The average Bonchev–Trinajstić information content (AvgIpc) is 3.65. The lowest BCUT2D eigenvalue weighted by Crippen LogP contribution is -2.09. The summed E-state index contributed by atoms with van der Waals surface area (Å²) in [5.74, 6) is 0. The summed E-state index contributed by atoms with van der Waals surface area (Å²) in [4.78, 5) is 7.81. The summed E-state index contributed by atoms with van der Waals surface area (Å²) in [5, 5.41) is 5.93. The van der Waals surface area contributed by atoms with Gasteiger partial charge in [0.15, 0.2) is 0 Å². The minimum Gasteiger partial charge on any atom is -0.311 e. The summed E-state index contributed by atoms with van der Waals surface area (Å²) in [6.45, 7) is 0. The molecule has 0 bridgehead atoms. The van der Waals surface area contributed by atoms with Crippen LogP contribution in [0.1, 0.15) is 0 Å². The number of para-hydroxylation sites is 3. The molecule has 11 aromatic rings. The number of nitrogens with zero attached hydrogens (tertiary/aromatic N) is 3. The van der Waals surface area contributed by atoms with Gasteiger partial charge in [0.25, 0.3) is 0 Å². The van der Waals surface area contributed by atoms with E-state index in [4.69, 9.17) is 4.98 Å². The summed E-state index contributed by atoms with van der Waals surface area (Å²) in [6, 6.07) is 80.3. The number of rotatable bonds is 7. The zero-order chi connectivity index (χ0) is 38.4. The van der Waals surface area contributed by atoms with Crippen LogP contribution in [0.25, 0.3) is 82.7 Å². The number of pyridine rings is 1. The fraction of sp³-hybridized carbons (Fsp3) is 0. The molecule has 0 aliphatic heterocycles. The molecule has 0 spiro atoms. The van der Waals surface area contributed by atoms with E-state index in [1.54, 1.807) is 0 Å². The predicted molar refractivity (Wildman–Crippen MR) is 245 cm³/mol. The average molecular weight is 740 g/mol. The molecule has 3 nitrogen and oxygen atoms in total. The molecule has 0 fully saturated rings. The van der Waals surface area contributed by atoms with E-state index in [2.05, 4.69) is 234 Å². The normalized spacial score (nSPS) is 11.4. The third kappa shape index (κ3) is 5.72. The highest BCUT2D eigenvalue weighted by molar-refractivity contribution is 6.25. The number of fused-ring (bicyclic) bond motifs is 7. The van der Waals surface area contributed by atoms with E-state index in [0.717, 1.165) is 50.3 Å². The maximum Gasteiger partial charge on any atom is 0.0809 e. The monoisotopic (exact) mass is 739 g/mol. The van der Waals surface area contributed by atoms with Crippen LogP contribution in [0.2, 0.25) is 0 Å². The van der Waals surface area contributed by atoms with Crippen LogP contribution < -0.4 is 4.90 Å². The van der Waals surface area contributed by atoms with Crippen molar-refractivity contribution in [1.82, 2.24) is 9.55 Å². The molecule has 2 aromatic heterocycles. The second-order valence-corrected chi connectivity index (χ2v) is 14.8. The van der Waals surface area contributed by atoms with E-state index in [9.17, 15) is 0 Å². The fourth-order valence-electron chi connectivity index (χ4n) is 8.63. The van der Waals surface area contributed by atoms with Crippen molar-refractivity contribution in [2.24, 2.45) is 0 Å². The van der Waals surface area contributed by atoms with Crippen LogP contribution >= 0.6 is 0 Å². The highest BCUT2D eigenvalue weighted by atomic mass is 15.1. The number of aromatic nitrogens is 2. The van der Waals surface area contributed by atoms with Gasteiger partial charge in [0, 0.05) is 49.9 Å². The maximum absolute atomic E-state index is 5.47. The molecule has 0 saturated heterocycles. The molecule has 0 atom stereocenters. The minimum atomic E-state index is 0.969. The summed E-state index contributed by atoms with van der Waals surface area (Å²) in [6.07, 6.45) is 0. The number of hydrogen-bond donors (Lipinski definition) is 0. The molecule has 0 radical (unpaired) electrons. The Balaban J connectivity index is 1.10. The summed E-state index contributed by atoms with van der Waals surface area (Å²) in [7, 11) is 0. The molecule has 0 N–H and O–H groups in total. The van der Waals surface area contributed by atoms with Gasteiger partial charge in [0.2, 0.25) is 0 Å². The number of benzene rings is 9. The van der Waals surface area contributed by atoms with Crippen LogP contribution in [0, 0.1) is 0 Å². The van der Waals surface area contributed by atoms with Gasteiger partial charge in [-0.05, 0) is 88.3 Å². The molecular formula is C55H37N3. The Kier molecular flexibility index (Phi) is 8.15. The number of anilines is 3. The van der Waals surface area contributed by atoms with Crippen molar-refractivity contribution in [3.8, 4) is 39.2 Å². The van der Waals surface area contributed by atoms with Crippen LogP contribution in [-0.2, 0) is 0 Å². The zero-order valence-electron chi connectivity index (χ0n) is 31.7. The standard InChI is InChI=1S/C55H37N3/c1-4-14-38(15-5-1)40-24-30-44(31-25-40)57(45-32-26-41(27-33-45)39-16-6-2-7-17-39)46-34-28-42(29-35-46)54-53-49(47-20-10-12-22-51(47)56-54)36-37-50-48-21-11-13-23-52(48)58(55(50)53)43-18-8-3-9-19-43/h1-37H. The van der Waals surface area contributed by atoms with E-state index in [-0.39, 0.29) is 0 Å². The third-order valence-electron chi connectivity index (χ3n) is 11.4. The molecule has 3 heteroatoms. The summed E-state index contributed by atoms with van der Waals surface area (Å²) < 4.78 is 2.42. The predicted octanol–water partition coefficient (Wildman–Crippen LogP) is 15.0. The van der Waals surface area contributed by atoms with E-state index in [1.807, 2.05) is 0 Å². The second-order valence-electron chi connectivity index (χ2n) is 14.8. The van der Waals surface area contributed by atoms with Gasteiger partial charge in [-0.15, -0.1) is 0 Å². The van der Waals surface area contributed by atoms with Crippen molar-refractivity contribution in [3.05, 3.63) is 224 Å². The van der Waals surface area contributed by atoms with Crippen LogP contribution in [0.15, 0.2) is 224 Å². The first-order valence-electron chi connectivity index (χ1n) is 19.8. The maximum atomic E-state index is 5.47. The lowest BCUT2D eigenvalue weighted by atomic mass is 9.97. The molecule has 0 aliphatic carbocycles. The molecule has 0 amide bonds. The summed E-state index contributed by atoms with van der Waals surface area (Å²) >= 11 is 0. The van der Waals surface area contributed by atoms with Crippen LogP contribution in [-0.4, -0.2) is 9.55 Å². The van der Waals surface area contributed by atoms with E-state index in [1.165, 1.54) is 49.4 Å². The molecule has 11 rings (SSSR count). The van der Waals surface area contributed by atoms with Gasteiger partial charge in [-0.2, -0.15) is 0 Å². The van der Waals surface area contributed by atoms with Crippen LogP contribution in [0.4, 0.5) is 17.1 Å². The van der Waals surface area contributed by atoms with E-state index >= 15 is 0 Å². The molecule has 58 heavy (non-hydrogen) atoms. The zero-order valence-corrected chi connectivity index (χ0v) is 31.7. The summed E-state index contributed by atoms with van der Waals surface area (Å²) in [5.41, 5.74) is 14.5. The van der Waals surface area contributed by atoms with Gasteiger partial charge in [-0.1, -0.05) is 164 Å². The lowest BCUT2D eigenvalue weighted by Gasteiger charge is -2.26. The molecule has 0 aliphatic rings. The second kappa shape index (κ2) is 14.1. The smallest absolute Gasteiger partial charge is 0.0809 e. The van der Waals surface area contributed by atoms with Crippen molar-refractivity contribution in [2.75, 3.05) is 4.90 Å². The Morgan fingerprint density at radius 3 is 1.36 bits per heavy atom. The van der Waals surface area contributed by atoms with Gasteiger partial charge in [-0.25, -0.2) is 4.98 Å². The van der Waals surface area contributed by atoms with Gasteiger partial charge >= 0.3 is 0 Å². The molecule has 9 aromatic carbocycles. The lowest BCUT2D eigenvalue weighted by molar-refractivity contribution is 1.19. The van der Waals surface area contributed by atoms with Crippen molar-refractivity contribution < 1.29 is 0 Å². The molecule has 2 heterocycles. The number of hydrogen-bond acceptors (Lipinski definition) is 2. The van der Waals surface area contributed by atoms with Crippen molar-refractivity contribution in [2.45, 2.75) is 0 Å². The molecule has 0 unspecified atom stereocenters. The van der Waals surface area contributed by atoms with Gasteiger partial charge in [0.05, 0.1) is 22.2 Å². The highest BCUT2D eigenvalue weighted by Crippen LogP contribution is 2.43. The largest absolute Gasteiger partial charge is 0.311 e. The highest BCUT2D eigenvalue weighted by Gasteiger charge is 2.21. The topological polar surface area (TPSA) is 21.1 Å². The Bertz CT molecular complexity index is 3140. The van der Waals surface area contributed by atoms with E-state index < -0.39 is 0 Å². The van der Waals surface area contributed by atoms with Gasteiger partial charge in [-0.3, -0.25) is 0 Å². The fourth-order valence-corrected chi connectivity index (χ4v) is 8.63. The quantitative estimate of drug-likeness (QED) is 0.152. The SMILES string of the molecule is c1ccc(-c2ccc(N(c3ccc(-c4ccccc4)cc3)c3ccc(-c4nc5ccccc5c5ccc6c7ccccc7n(-c7ccccc7)c6c45)cc3)cc2)cc1. The third-order valence-corrected chi connectivity index (χ3v) is 11.4. The Morgan fingerprint density at radius 1 is 0.328 bits per heavy atom. The minimum absolute atomic E-state index is 0.969. The Hall–Kier alpha value is -7.75. The van der Waals surface area contributed by atoms with Crippen molar-refractivity contribution in [1.29, 1.82) is 0 Å². The molecular weight excluding hydrogens is 703 g/mol. The first-order valence-corrected chi connectivity index (χ1v) is 19.8. The van der Waals surface area contributed by atoms with Crippen LogP contribution in [0.5, 0.6) is 0 Å². The van der Waals surface area contributed by atoms with Gasteiger partial charge in [0.1, 0.15) is 0 Å².